The third-order valence-corrected chi connectivity index (χ3v) is 5.90. The fourth-order valence-corrected chi connectivity index (χ4v) is 4.13. The molecular formula is C19H32N6O2. The van der Waals surface area contributed by atoms with Crippen molar-refractivity contribution in [1.82, 2.24) is 29.9 Å². The van der Waals surface area contributed by atoms with Crippen molar-refractivity contribution in [1.29, 1.82) is 0 Å². The van der Waals surface area contributed by atoms with Crippen LogP contribution in [0.4, 0.5) is 0 Å². The van der Waals surface area contributed by atoms with Gasteiger partial charge in [-0.1, -0.05) is 0 Å². The number of nitrogens with one attached hydrogen (secondary N) is 1. The minimum atomic E-state index is 0.0800. The minimum absolute atomic E-state index is 0.0800. The molecule has 2 amide bonds. The Hall–Kier alpha value is -1.96. The highest BCUT2D eigenvalue weighted by molar-refractivity contribution is 5.77. The third-order valence-electron chi connectivity index (χ3n) is 5.90. The van der Waals surface area contributed by atoms with Crippen molar-refractivity contribution in [3.8, 4) is 0 Å². The molecule has 1 aromatic rings. The Morgan fingerprint density at radius 3 is 2.67 bits per heavy atom. The number of piperidine rings is 1. The van der Waals surface area contributed by atoms with Gasteiger partial charge < -0.3 is 10.2 Å². The first-order valence-corrected chi connectivity index (χ1v) is 10.2. The second kappa shape index (κ2) is 9.82. The number of hydrogen-bond donors (Lipinski definition) is 1. The van der Waals surface area contributed by atoms with E-state index >= 15 is 0 Å². The van der Waals surface area contributed by atoms with Crippen LogP contribution in [-0.4, -0.2) is 75.1 Å². The van der Waals surface area contributed by atoms with Gasteiger partial charge in [0.15, 0.2) is 0 Å². The summed E-state index contributed by atoms with van der Waals surface area (Å²) in [6, 6.07) is 0.622. The first-order valence-electron chi connectivity index (χ1n) is 10.2. The fourth-order valence-electron chi connectivity index (χ4n) is 4.13. The quantitative estimate of drug-likeness (QED) is 0.733. The van der Waals surface area contributed by atoms with E-state index in [4.69, 9.17) is 0 Å². The Morgan fingerprint density at radius 2 is 1.93 bits per heavy atom. The molecule has 2 atom stereocenters. The number of amides is 2. The van der Waals surface area contributed by atoms with E-state index in [-0.39, 0.29) is 5.91 Å². The molecule has 0 radical (unpaired) electrons. The molecule has 1 N–H and O–H groups in total. The number of likely N-dealkylation sites (N-methyl/N-ethyl adjacent to an activating group) is 1. The van der Waals surface area contributed by atoms with Crippen LogP contribution in [0.1, 0.15) is 51.4 Å². The van der Waals surface area contributed by atoms with E-state index in [1.54, 1.807) is 11.0 Å². The van der Waals surface area contributed by atoms with Crippen LogP contribution in [0, 0.1) is 0 Å². The second-order valence-electron chi connectivity index (χ2n) is 7.76. The molecule has 2 aliphatic rings. The van der Waals surface area contributed by atoms with Gasteiger partial charge in [-0.2, -0.15) is 5.10 Å². The molecule has 150 valence electrons. The Bertz CT molecular complexity index is 599. The predicted molar refractivity (Wildman–Crippen MR) is 102 cm³/mol. The molecule has 0 aromatic carbocycles. The van der Waals surface area contributed by atoms with Crippen molar-refractivity contribution >= 4 is 11.8 Å². The molecule has 8 heteroatoms. The molecule has 0 unspecified atom stereocenters. The van der Waals surface area contributed by atoms with E-state index < -0.39 is 0 Å². The SMILES string of the molecule is CN1[C@@H](CC(=O)N2CCCCC2)CC[C@H]1CNC(=O)CCCn1cncn1. The summed E-state index contributed by atoms with van der Waals surface area (Å²) in [4.78, 5) is 32.8. The van der Waals surface area contributed by atoms with Crippen molar-refractivity contribution in [2.24, 2.45) is 0 Å². The maximum Gasteiger partial charge on any atom is 0.224 e. The lowest BCUT2D eigenvalue weighted by atomic mass is 10.1. The summed E-state index contributed by atoms with van der Waals surface area (Å²) in [7, 11) is 2.09. The van der Waals surface area contributed by atoms with Crippen LogP contribution in [0.2, 0.25) is 0 Å². The van der Waals surface area contributed by atoms with Gasteiger partial charge in [0.1, 0.15) is 12.7 Å². The standard InChI is InChI=1S/C19H32N6O2/c1-23-16(12-19(27)24-9-3-2-4-10-24)7-8-17(23)13-21-18(26)6-5-11-25-15-20-14-22-25/h14-17H,2-13H2,1H3,(H,21,26)/t16-,17+/m1/s1. The summed E-state index contributed by atoms with van der Waals surface area (Å²) in [6.07, 6.45) is 10.6. The Labute approximate surface area is 161 Å². The average molecular weight is 377 g/mol. The van der Waals surface area contributed by atoms with Gasteiger partial charge in [0.25, 0.3) is 0 Å². The van der Waals surface area contributed by atoms with Gasteiger partial charge in [0, 0.05) is 51.1 Å². The van der Waals surface area contributed by atoms with E-state index in [2.05, 4.69) is 27.3 Å². The Morgan fingerprint density at radius 1 is 1.15 bits per heavy atom. The van der Waals surface area contributed by atoms with Gasteiger partial charge >= 0.3 is 0 Å². The smallest absolute Gasteiger partial charge is 0.224 e. The summed E-state index contributed by atoms with van der Waals surface area (Å²) >= 11 is 0. The van der Waals surface area contributed by atoms with E-state index in [1.807, 2.05) is 4.90 Å². The molecule has 8 nitrogen and oxygen atoms in total. The van der Waals surface area contributed by atoms with Crippen molar-refractivity contribution in [3.05, 3.63) is 12.7 Å². The van der Waals surface area contributed by atoms with Crippen LogP contribution in [0.5, 0.6) is 0 Å². The van der Waals surface area contributed by atoms with Gasteiger partial charge in [0.2, 0.25) is 11.8 Å². The van der Waals surface area contributed by atoms with Crippen molar-refractivity contribution in [3.63, 3.8) is 0 Å². The number of aryl methyl sites for hydroxylation is 1. The lowest BCUT2D eigenvalue weighted by Crippen LogP contribution is -2.43. The molecule has 3 heterocycles. The van der Waals surface area contributed by atoms with E-state index in [0.717, 1.165) is 45.2 Å². The second-order valence-corrected chi connectivity index (χ2v) is 7.76. The summed E-state index contributed by atoms with van der Waals surface area (Å²) in [5.74, 6) is 0.376. The number of hydrogen-bond acceptors (Lipinski definition) is 5. The highest BCUT2D eigenvalue weighted by atomic mass is 16.2. The van der Waals surface area contributed by atoms with E-state index in [0.29, 0.717) is 43.9 Å². The summed E-state index contributed by atoms with van der Waals surface area (Å²) in [6.45, 7) is 3.21. The zero-order valence-corrected chi connectivity index (χ0v) is 16.3. The molecular weight excluding hydrogens is 344 g/mol. The third kappa shape index (κ3) is 5.76. The zero-order chi connectivity index (χ0) is 19.1. The van der Waals surface area contributed by atoms with Gasteiger partial charge in [-0.25, -0.2) is 4.98 Å². The molecule has 2 aliphatic heterocycles. The first-order chi connectivity index (χ1) is 13.1. The lowest BCUT2D eigenvalue weighted by Gasteiger charge is -2.30. The highest BCUT2D eigenvalue weighted by Crippen LogP contribution is 2.25. The monoisotopic (exact) mass is 376 g/mol. The van der Waals surface area contributed by atoms with Gasteiger partial charge in [0.05, 0.1) is 0 Å². The maximum atomic E-state index is 12.5. The fraction of sp³-hybridized carbons (Fsp3) is 0.789. The summed E-state index contributed by atoms with van der Waals surface area (Å²) in [5.41, 5.74) is 0. The van der Waals surface area contributed by atoms with Crippen molar-refractivity contribution in [2.75, 3.05) is 26.7 Å². The molecule has 0 saturated carbocycles. The number of carbonyl (C=O) groups excluding carboxylic acids is 2. The number of likely N-dealkylation sites (tertiary alicyclic amines) is 2. The van der Waals surface area contributed by atoms with Crippen molar-refractivity contribution < 1.29 is 9.59 Å². The number of nitrogens with zero attached hydrogens (tertiary/aromatic N) is 5. The van der Waals surface area contributed by atoms with Crippen LogP contribution in [0.3, 0.4) is 0 Å². The number of carbonyl (C=O) groups is 2. The minimum Gasteiger partial charge on any atom is -0.355 e. The molecule has 0 bridgehead atoms. The molecule has 2 fully saturated rings. The van der Waals surface area contributed by atoms with Gasteiger partial charge in [-0.05, 0) is 45.6 Å². The predicted octanol–water partition coefficient (Wildman–Crippen LogP) is 1.04. The maximum absolute atomic E-state index is 12.5. The van der Waals surface area contributed by atoms with Crippen molar-refractivity contribution in [2.45, 2.75) is 70.0 Å². The normalized spacial score (nSPS) is 23.5. The molecule has 3 rings (SSSR count). The van der Waals surface area contributed by atoms with Gasteiger partial charge in [-0.3, -0.25) is 19.2 Å². The number of aromatic nitrogens is 3. The molecule has 27 heavy (non-hydrogen) atoms. The topological polar surface area (TPSA) is 83.4 Å². The van der Waals surface area contributed by atoms with E-state index in [9.17, 15) is 9.59 Å². The molecule has 2 saturated heterocycles. The van der Waals surface area contributed by atoms with Crippen LogP contribution < -0.4 is 5.32 Å². The van der Waals surface area contributed by atoms with E-state index in [1.165, 1.54) is 12.7 Å². The molecule has 0 spiro atoms. The van der Waals surface area contributed by atoms with Crippen LogP contribution in [-0.2, 0) is 16.1 Å². The number of rotatable bonds is 8. The van der Waals surface area contributed by atoms with Crippen LogP contribution in [0.15, 0.2) is 12.7 Å². The Balaban J connectivity index is 1.33. The average Bonchev–Trinajstić information content (AvgIpc) is 3.32. The van der Waals surface area contributed by atoms with Crippen LogP contribution in [0.25, 0.3) is 0 Å². The summed E-state index contributed by atoms with van der Waals surface area (Å²) < 4.78 is 1.74. The van der Waals surface area contributed by atoms with Crippen LogP contribution >= 0.6 is 0 Å². The molecule has 0 aliphatic carbocycles. The lowest BCUT2D eigenvalue weighted by molar-refractivity contribution is -0.133. The highest BCUT2D eigenvalue weighted by Gasteiger charge is 2.33. The molecule has 1 aromatic heterocycles. The van der Waals surface area contributed by atoms with Gasteiger partial charge in [-0.15, -0.1) is 0 Å². The summed E-state index contributed by atoms with van der Waals surface area (Å²) in [5, 5.41) is 7.08. The first kappa shape index (κ1) is 19.8. The zero-order valence-electron chi connectivity index (χ0n) is 16.3. The Kier molecular flexibility index (Phi) is 7.20. The largest absolute Gasteiger partial charge is 0.355 e.